The lowest BCUT2D eigenvalue weighted by Crippen LogP contribution is -2.49. The molecule has 316 valence electrons. The van der Waals surface area contributed by atoms with E-state index in [1.165, 1.54) is 0 Å². The smallest absolute Gasteiger partial charge is 0.227 e. The number of nitrogens with one attached hydrogen (secondary N) is 1. The van der Waals surface area contributed by atoms with Gasteiger partial charge in [0, 0.05) is 91.1 Å². The Labute approximate surface area is 365 Å². The highest BCUT2D eigenvalue weighted by atomic mass is 35.5. The molecule has 0 spiro atoms. The summed E-state index contributed by atoms with van der Waals surface area (Å²) in [6, 6.07) is 5.60. The summed E-state index contributed by atoms with van der Waals surface area (Å²) in [6.45, 7) is 36.5. The Balaban J connectivity index is 0.000000174. The van der Waals surface area contributed by atoms with Crippen molar-refractivity contribution in [3.63, 3.8) is 0 Å². The van der Waals surface area contributed by atoms with Gasteiger partial charge in [-0.25, -0.2) is 29.6 Å². The van der Waals surface area contributed by atoms with Crippen LogP contribution in [0.5, 0.6) is 0 Å². The maximum absolute atomic E-state index is 12.5. The third-order valence-corrected chi connectivity index (χ3v) is 12.7. The zero-order valence-electron chi connectivity index (χ0n) is 36.3. The number of nitrogens with zero attached hydrogens (tertiary/aromatic N) is 9. The maximum Gasteiger partial charge on any atom is 0.227 e. The van der Waals surface area contributed by atoms with Crippen LogP contribution in [-0.4, -0.2) is 76.6 Å². The topological polar surface area (TPSA) is 154 Å². The number of allylic oxidation sites excluding steroid dienone is 3. The number of nitriles is 1. The molecule has 0 saturated heterocycles. The van der Waals surface area contributed by atoms with E-state index >= 15 is 0 Å². The monoisotopic (exact) mass is 840 g/mol. The van der Waals surface area contributed by atoms with E-state index in [-0.39, 0.29) is 57.4 Å². The summed E-state index contributed by atoms with van der Waals surface area (Å²) in [6.07, 6.45) is 18.6. The predicted molar refractivity (Wildman–Crippen MR) is 237 cm³/mol. The highest BCUT2D eigenvalue weighted by Gasteiger charge is 2.51. The maximum atomic E-state index is 12.5. The Morgan fingerprint density at radius 3 is 1.41 bits per heavy atom. The summed E-state index contributed by atoms with van der Waals surface area (Å²) in [5.41, 5.74) is 1.38. The summed E-state index contributed by atoms with van der Waals surface area (Å²) < 4.78 is 0. The first kappa shape index (κ1) is 46.0. The number of carbonyl (C=O) groups excluding carboxylic acids is 3. The molecule has 0 amide bonds. The first-order valence-electron chi connectivity index (χ1n) is 20.0. The lowest BCUT2D eigenvalue weighted by molar-refractivity contribution is -0.123. The number of ketones is 3. The van der Waals surface area contributed by atoms with Crippen molar-refractivity contribution in [1.82, 2.24) is 25.3 Å². The molecule has 3 aliphatic heterocycles. The van der Waals surface area contributed by atoms with Crippen LogP contribution in [0.3, 0.4) is 0 Å². The number of halogens is 1. The molecule has 0 saturated carbocycles. The minimum absolute atomic E-state index is 0. The molecule has 13 nitrogen and oxygen atoms in total. The molecule has 14 heteroatoms. The van der Waals surface area contributed by atoms with Crippen LogP contribution in [0.15, 0.2) is 107 Å². The standard InChI is InChI=1S/2C17H18N4O.C13H16N2O.ClH/c2*1-16(2)13-6-9-21(15-19-7-5-8-20-15)11-17(13,3)10-12(18-4)14(16)22;1-12(2)10-4-5-15-8-13(10,3)6-9(7-14)11(12)16;/h2*5-8,10H,9,11H2,1-3H3;4,6,15H,5,8H2,1-3H3;1H/t2*17-;;/m10../s1. The molecule has 0 bridgehead atoms. The Hall–Kier alpha value is -6.07. The van der Waals surface area contributed by atoms with Crippen LogP contribution in [0, 0.1) is 57.0 Å². The van der Waals surface area contributed by atoms with Crippen molar-refractivity contribution in [3.05, 3.63) is 130 Å². The van der Waals surface area contributed by atoms with Gasteiger partial charge in [0.25, 0.3) is 0 Å². The zero-order valence-corrected chi connectivity index (χ0v) is 37.1. The van der Waals surface area contributed by atoms with Gasteiger partial charge < -0.3 is 24.7 Å². The Kier molecular flexibility index (Phi) is 12.6. The van der Waals surface area contributed by atoms with Gasteiger partial charge in [0.05, 0.1) is 24.1 Å². The second-order valence-corrected chi connectivity index (χ2v) is 18.4. The molecule has 2 aromatic heterocycles. The molecule has 5 heterocycles. The first-order chi connectivity index (χ1) is 28.2. The van der Waals surface area contributed by atoms with E-state index in [1.54, 1.807) is 36.9 Å². The van der Waals surface area contributed by atoms with Gasteiger partial charge in [-0.15, -0.1) is 12.4 Å². The summed E-state index contributed by atoms with van der Waals surface area (Å²) >= 11 is 0. The van der Waals surface area contributed by atoms with Gasteiger partial charge in [-0.1, -0.05) is 96.1 Å². The average Bonchev–Trinajstić information content (AvgIpc) is 3.23. The van der Waals surface area contributed by atoms with Gasteiger partial charge in [0.1, 0.15) is 6.07 Å². The van der Waals surface area contributed by atoms with Crippen LogP contribution >= 0.6 is 12.4 Å². The van der Waals surface area contributed by atoms with Gasteiger partial charge in [-0.3, -0.25) is 4.79 Å². The van der Waals surface area contributed by atoms with E-state index in [9.17, 15) is 14.4 Å². The van der Waals surface area contributed by atoms with Crippen molar-refractivity contribution in [2.45, 2.75) is 62.3 Å². The lowest BCUT2D eigenvalue weighted by atomic mass is 9.60. The van der Waals surface area contributed by atoms with E-state index in [1.807, 2.05) is 65.8 Å². The van der Waals surface area contributed by atoms with Crippen LogP contribution < -0.4 is 15.1 Å². The fourth-order valence-electron chi connectivity index (χ4n) is 10.0. The molecule has 0 aromatic carbocycles. The number of Topliss-reactive ketones (excluding diaryl/α,β-unsaturated/α-hetero) is 3. The third kappa shape index (κ3) is 8.23. The second kappa shape index (κ2) is 16.8. The van der Waals surface area contributed by atoms with E-state index in [0.717, 1.165) is 29.8 Å². The van der Waals surface area contributed by atoms with E-state index in [0.29, 0.717) is 43.6 Å². The average molecular weight is 841 g/mol. The molecular formula is C47H53ClN10O3. The highest BCUT2D eigenvalue weighted by molar-refractivity contribution is 6.07. The molecule has 0 fully saturated rings. The number of hydrogen-bond acceptors (Lipinski definition) is 11. The minimum atomic E-state index is -0.632. The molecule has 2 aromatic rings. The largest absolute Gasteiger partial charge is 0.336 e. The number of fused-ring (bicyclic) bond motifs is 3. The van der Waals surface area contributed by atoms with Crippen LogP contribution in [0.4, 0.5) is 11.9 Å². The van der Waals surface area contributed by atoms with Crippen LogP contribution in [0.1, 0.15) is 62.3 Å². The van der Waals surface area contributed by atoms with Crippen LogP contribution in [0.25, 0.3) is 9.69 Å². The Morgan fingerprint density at radius 2 is 1.02 bits per heavy atom. The summed E-state index contributed by atoms with van der Waals surface area (Å²) in [7, 11) is 0. The minimum Gasteiger partial charge on any atom is -0.336 e. The van der Waals surface area contributed by atoms with Gasteiger partial charge in [0.2, 0.25) is 23.3 Å². The summed E-state index contributed by atoms with van der Waals surface area (Å²) in [4.78, 5) is 65.3. The number of carbonyl (C=O) groups is 3. The van der Waals surface area contributed by atoms with Crippen molar-refractivity contribution in [2.75, 3.05) is 49.1 Å². The van der Waals surface area contributed by atoms with Crippen molar-refractivity contribution in [1.29, 1.82) is 5.26 Å². The van der Waals surface area contributed by atoms with Crippen molar-refractivity contribution in [3.8, 4) is 6.07 Å². The Bertz CT molecular complexity index is 2320. The zero-order chi connectivity index (χ0) is 43.9. The van der Waals surface area contributed by atoms with Crippen molar-refractivity contribution >= 4 is 41.7 Å². The molecule has 6 aliphatic rings. The fourth-order valence-corrected chi connectivity index (χ4v) is 10.0. The SMILES string of the molecule is CC12C=C(C#N)C(=O)C(C)(C)C1=CCNC2.Cl.[C-]#[N+]C1=C[C@@]2(C)CN(c3ncccn3)CC=C2C(C)(C)C1=O.[C-]#[N+]C1=C[C@]2(C)CN(c3ncccn3)CC=C2C(C)(C)C1=O. The van der Waals surface area contributed by atoms with E-state index in [2.05, 4.69) is 83.7 Å². The van der Waals surface area contributed by atoms with Gasteiger partial charge in [-0.2, -0.15) is 5.26 Å². The highest BCUT2D eigenvalue weighted by Crippen LogP contribution is 2.52. The summed E-state index contributed by atoms with van der Waals surface area (Å²) in [5.74, 6) is 1.12. The third-order valence-electron chi connectivity index (χ3n) is 12.7. The van der Waals surface area contributed by atoms with Crippen molar-refractivity contribution in [2.24, 2.45) is 32.5 Å². The predicted octanol–water partition coefficient (Wildman–Crippen LogP) is 7.29. The molecule has 1 N–H and O–H groups in total. The van der Waals surface area contributed by atoms with Crippen LogP contribution in [-0.2, 0) is 14.4 Å². The number of anilines is 2. The van der Waals surface area contributed by atoms with Crippen LogP contribution in [0.2, 0.25) is 0 Å². The molecule has 3 atom stereocenters. The summed E-state index contributed by atoms with van der Waals surface area (Å²) in [5, 5.41) is 12.3. The fraction of sp³-hybridized carbons (Fsp3) is 0.447. The lowest BCUT2D eigenvalue weighted by Gasteiger charge is -2.47. The number of rotatable bonds is 2. The molecular weight excluding hydrogens is 788 g/mol. The molecule has 8 rings (SSSR count). The molecule has 3 aliphatic carbocycles. The van der Waals surface area contributed by atoms with Crippen molar-refractivity contribution < 1.29 is 14.4 Å². The van der Waals surface area contributed by atoms with Gasteiger partial charge in [-0.05, 0) is 31.6 Å². The van der Waals surface area contributed by atoms with E-state index in [4.69, 9.17) is 18.4 Å². The number of aromatic nitrogens is 4. The molecule has 1 unspecified atom stereocenters. The quantitative estimate of drug-likeness (QED) is 0.240. The van der Waals surface area contributed by atoms with Gasteiger partial charge in [0.15, 0.2) is 17.3 Å². The normalized spacial score (nSPS) is 27.7. The van der Waals surface area contributed by atoms with E-state index < -0.39 is 16.2 Å². The molecule has 0 radical (unpaired) electrons. The second-order valence-electron chi connectivity index (χ2n) is 18.4. The molecule has 61 heavy (non-hydrogen) atoms. The first-order valence-corrected chi connectivity index (χ1v) is 20.0. The number of hydrogen-bond donors (Lipinski definition) is 1. The Morgan fingerprint density at radius 1 is 0.623 bits per heavy atom. The van der Waals surface area contributed by atoms with Gasteiger partial charge >= 0.3 is 0 Å².